The Morgan fingerprint density at radius 3 is 2.52 bits per heavy atom. The molecule has 27 heavy (non-hydrogen) atoms. The van der Waals surface area contributed by atoms with Crippen LogP contribution in [0.2, 0.25) is 0 Å². The molecular formula is C19H36N2O5S. The fourth-order valence-electron chi connectivity index (χ4n) is 4.34. The number of rotatable bonds is 8. The average Bonchev–Trinajstić information content (AvgIpc) is 3.00. The number of nitrogens with one attached hydrogen (secondary N) is 1. The number of nitrogens with zero attached hydrogens (tertiary/aromatic N) is 1. The van der Waals surface area contributed by atoms with E-state index in [1.54, 1.807) is 6.26 Å². The molecule has 0 saturated carbocycles. The Kier molecular flexibility index (Phi) is 8.83. The fourth-order valence-corrected chi connectivity index (χ4v) is 5.02. The van der Waals surface area contributed by atoms with E-state index in [2.05, 4.69) is 17.1 Å². The lowest BCUT2D eigenvalue weighted by atomic mass is 9.92. The number of likely N-dealkylation sites (N-methyl/N-ethyl adjacent to an activating group) is 1. The van der Waals surface area contributed by atoms with Gasteiger partial charge in [0.25, 0.3) is 0 Å². The van der Waals surface area contributed by atoms with E-state index in [9.17, 15) is 20.1 Å². The van der Waals surface area contributed by atoms with E-state index < -0.39 is 35.9 Å². The Balaban J connectivity index is 2.07. The number of hydrogen-bond acceptors (Lipinski definition) is 7. The van der Waals surface area contributed by atoms with Crippen molar-refractivity contribution in [3.05, 3.63) is 0 Å². The van der Waals surface area contributed by atoms with Crippen LogP contribution in [0.3, 0.4) is 0 Å². The summed E-state index contributed by atoms with van der Waals surface area (Å²) in [5.74, 6) is 0.487. The average molecular weight is 405 g/mol. The van der Waals surface area contributed by atoms with Crippen LogP contribution in [-0.4, -0.2) is 87.9 Å². The number of likely N-dealkylation sites (tertiary alicyclic amines) is 1. The van der Waals surface area contributed by atoms with Crippen molar-refractivity contribution >= 4 is 17.7 Å². The molecular weight excluding hydrogens is 368 g/mol. The summed E-state index contributed by atoms with van der Waals surface area (Å²) in [6.07, 6.45) is 1.87. The van der Waals surface area contributed by atoms with E-state index in [-0.39, 0.29) is 11.9 Å². The lowest BCUT2D eigenvalue weighted by Crippen LogP contribution is -2.63. The van der Waals surface area contributed by atoms with Crippen LogP contribution in [0.5, 0.6) is 0 Å². The van der Waals surface area contributed by atoms with Crippen molar-refractivity contribution in [3.63, 3.8) is 0 Å². The van der Waals surface area contributed by atoms with E-state index in [4.69, 9.17) is 4.74 Å². The largest absolute Gasteiger partial charge is 0.388 e. The SMILES string of the molecule is CCCC1CC(C(=O)NC(CCC)C2OC(SC)C(O)C(O)C2O)N(C)C1. The maximum absolute atomic E-state index is 12.9. The number of thioether (sulfide) groups is 1. The van der Waals surface area contributed by atoms with Crippen molar-refractivity contribution in [3.8, 4) is 0 Å². The van der Waals surface area contributed by atoms with Crippen LogP contribution in [0.25, 0.3) is 0 Å². The zero-order valence-corrected chi connectivity index (χ0v) is 17.7. The minimum atomic E-state index is -1.29. The molecule has 0 aliphatic carbocycles. The third kappa shape index (κ3) is 5.36. The van der Waals surface area contributed by atoms with E-state index in [0.29, 0.717) is 12.3 Å². The fraction of sp³-hybridized carbons (Fsp3) is 0.947. The van der Waals surface area contributed by atoms with Gasteiger partial charge in [-0.25, -0.2) is 0 Å². The number of carbonyl (C=O) groups excluding carboxylic acids is 1. The molecule has 2 aliphatic heterocycles. The van der Waals surface area contributed by atoms with Gasteiger partial charge in [-0.15, -0.1) is 11.8 Å². The summed E-state index contributed by atoms with van der Waals surface area (Å²) in [5.41, 5.74) is -0.632. The molecule has 8 heteroatoms. The molecule has 0 bridgehead atoms. The van der Waals surface area contributed by atoms with E-state index in [0.717, 1.165) is 32.2 Å². The summed E-state index contributed by atoms with van der Waals surface area (Å²) in [7, 11) is 1.98. The maximum Gasteiger partial charge on any atom is 0.237 e. The van der Waals surface area contributed by atoms with Gasteiger partial charge in [0.2, 0.25) is 5.91 Å². The molecule has 2 saturated heterocycles. The van der Waals surface area contributed by atoms with E-state index >= 15 is 0 Å². The van der Waals surface area contributed by atoms with Crippen LogP contribution >= 0.6 is 11.8 Å². The van der Waals surface area contributed by atoms with Gasteiger partial charge in [-0.1, -0.05) is 26.7 Å². The molecule has 1 amide bonds. The van der Waals surface area contributed by atoms with Gasteiger partial charge in [0.15, 0.2) is 0 Å². The van der Waals surface area contributed by atoms with Crippen LogP contribution < -0.4 is 5.32 Å². The second-order valence-electron chi connectivity index (χ2n) is 7.93. The summed E-state index contributed by atoms with van der Waals surface area (Å²) >= 11 is 1.28. The third-order valence-electron chi connectivity index (χ3n) is 5.80. The van der Waals surface area contributed by atoms with Gasteiger partial charge >= 0.3 is 0 Å². The molecule has 2 heterocycles. The van der Waals surface area contributed by atoms with Gasteiger partial charge in [-0.05, 0) is 38.5 Å². The van der Waals surface area contributed by atoms with Gasteiger partial charge in [0.05, 0.1) is 12.1 Å². The van der Waals surface area contributed by atoms with Crippen LogP contribution in [0, 0.1) is 5.92 Å². The molecule has 158 valence electrons. The second kappa shape index (κ2) is 10.4. The zero-order valence-electron chi connectivity index (χ0n) is 16.9. The molecule has 4 N–H and O–H groups in total. The van der Waals surface area contributed by atoms with Gasteiger partial charge in [-0.3, -0.25) is 9.69 Å². The molecule has 0 aromatic heterocycles. The predicted octanol–water partition coefficient (Wildman–Crippen LogP) is 0.562. The molecule has 0 aromatic rings. The topological polar surface area (TPSA) is 102 Å². The number of amides is 1. The predicted molar refractivity (Wildman–Crippen MR) is 106 cm³/mol. The standard InChI is InChI=1S/C19H36N2O5S/c1-5-7-11-9-13(21(3)10-11)18(25)20-12(8-6-2)17-15(23)14(22)16(24)19(26-17)27-4/h11-17,19,22-24H,5-10H2,1-4H3,(H,20,25). The van der Waals surface area contributed by atoms with Crippen molar-refractivity contribution < 1.29 is 24.9 Å². The summed E-state index contributed by atoms with van der Waals surface area (Å²) in [5, 5.41) is 33.8. The molecule has 2 rings (SSSR count). The smallest absolute Gasteiger partial charge is 0.237 e. The molecule has 0 aromatic carbocycles. The number of aliphatic hydroxyl groups excluding tert-OH is 3. The highest BCUT2D eigenvalue weighted by Gasteiger charge is 2.47. The number of hydrogen-bond donors (Lipinski definition) is 4. The van der Waals surface area contributed by atoms with Crippen LogP contribution in [-0.2, 0) is 9.53 Å². The number of aliphatic hydroxyl groups is 3. The third-order valence-corrected chi connectivity index (χ3v) is 6.65. The molecule has 7 nitrogen and oxygen atoms in total. The molecule has 2 fully saturated rings. The minimum Gasteiger partial charge on any atom is -0.388 e. The lowest BCUT2D eigenvalue weighted by molar-refractivity contribution is -0.205. The first-order valence-corrected chi connectivity index (χ1v) is 11.4. The van der Waals surface area contributed by atoms with Crippen molar-refractivity contribution in [2.45, 2.75) is 87.9 Å². The molecule has 0 radical (unpaired) electrons. The van der Waals surface area contributed by atoms with Crippen molar-refractivity contribution in [1.82, 2.24) is 10.2 Å². The summed E-state index contributed by atoms with van der Waals surface area (Å²) in [4.78, 5) is 15.0. The van der Waals surface area contributed by atoms with E-state index in [1.165, 1.54) is 11.8 Å². The monoisotopic (exact) mass is 404 g/mol. The van der Waals surface area contributed by atoms with Crippen LogP contribution in [0.4, 0.5) is 0 Å². The number of carbonyl (C=O) groups is 1. The Morgan fingerprint density at radius 1 is 1.22 bits per heavy atom. The molecule has 8 unspecified atom stereocenters. The normalized spacial score (nSPS) is 38.7. The first kappa shape index (κ1) is 22.9. The minimum absolute atomic E-state index is 0.0494. The second-order valence-corrected chi connectivity index (χ2v) is 8.86. The van der Waals surface area contributed by atoms with Crippen LogP contribution in [0.1, 0.15) is 46.0 Å². The maximum atomic E-state index is 12.9. The number of ether oxygens (including phenoxy) is 1. The molecule has 0 spiro atoms. The van der Waals surface area contributed by atoms with Gasteiger partial charge in [0, 0.05) is 6.54 Å². The van der Waals surface area contributed by atoms with E-state index in [1.807, 2.05) is 14.0 Å². The first-order valence-electron chi connectivity index (χ1n) is 10.1. The summed E-state index contributed by atoms with van der Waals surface area (Å²) in [6.45, 7) is 5.09. The van der Waals surface area contributed by atoms with Crippen molar-refractivity contribution in [2.75, 3.05) is 19.8 Å². The highest BCUT2D eigenvalue weighted by atomic mass is 32.2. The lowest BCUT2D eigenvalue weighted by Gasteiger charge is -2.43. The van der Waals surface area contributed by atoms with Crippen molar-refractivity contribution in [2.24, 2.45) is 5.92 Å². The van der Waals surface area contributed by atoms with Crippen LogP contribution in [0.15, 0.2) is 0 Å². The van der Waals surface area contributed by atoms with Gasteiger partial charge in [-0.2, -0.15) is 0 Å². The summed E-state index contributed by atoms with van der Waals surface area (Å²) in [6, 6.07) is -0.582. The Hall–Kier alpha value is -0.380. The van der Waals surface area contributed by atoms with Gasteiger partial charge < -0.3 is 25.4 Å². The Morgan fingerprint density at radius 2 is 1.93 bits per heavy atom. The molecule has 2 aliphatic rings. The first-order chi connectivity index (χ1) is 12.8. The van der Waals surface area contributed by atoms with Gasteiger partial charge in [0.1, 0.15) is 29.9 Å². The highest BCUT2D eigenvalue weighted by Crippen LogP contribution is 2.30. The Bertz CT molecular complexity index is 481. The quantitative estimate of drug-likeness (QED) is 0.469. The van der Waals surface area contributed by atoms with Crippen molar-refractivity contribution in [1.29, 1.82) is 0 Å². The summed E-state index contributed by atoms with van der Waals surface area (Å²) < 4.78 is 5.87. The highest BCUT2D eigenvalue weighted by molar-refractivity contribution is 7.99. The zero-order chi connectivity index (χ0) is 20.1. The molecule has 8 atom stereocenters. The Labute approximate surface area is 166 Å².